The van der Waals surface area contributed by atoms with E-state index in [1.165, 1.54) is 29.9 Å². The molecular formula is C10H17Li. The number of unbranched alkanes of at least 4 members (excludes halogenated alkanes) is 1. The topological polar surface area (TPSA) is 0 Å². The third-order valence-corrected chi connectivity index (χ3v) is 1.66. The fraction of sp³-hybridized carbons (Fsp3) is 0.600. The molecular weight excluding hydrogens is 127 g/mol. The van der Waals surface area contributed by atoms with Crippen molar-refractivity contribution in [2.24, 2.45) is 0 Å². The van der Waals surface area contributed by atoms with Crippen LogP contribution in [-0.2, 0) is 0 Å². The molecule has 1 rings (SSSR count). The number of hydrogen-bond acceptors (Lipinski definition) is 0. The monoisotopic (exact) mass is 144 g/mol. The standard InChI is InChI=1S/C6H8.C4H9.Li/c1-6-4-2-3-5-6;1-3-4-2;/h2-4H,5H2,1H3;1,3-4H2,2H3;. The summed E-state index contributed by atoms with van der Waals surface area (Å²) < 4.78 is 0. The summed E-state index contributed by atoms with van der Waals surface area (Å²) in [6.45, 7) is 4.35. The van der Waals surface area contributed by atoms with E-state index in [9.17, 15) is 0 Å². The SMILES string of the molecule is CC1=CC=CC1.[Li][CH2]CCC. The van der Waals surface area contributed by atoms with E-state index in [1.807, 2.05) is 0 Å². The van der Waals surface area contributed by atoms with Crippen molar-refractivity contribution < 1.29 is 0 Å². The molecule has 11 heavy (non-hydrogen) atoms. The van der Waals surface area contributed by atoms with E-state index >= 15 is 0 Å². The summed E-state index contributed by atoms with van der Waals surface area (Å²) in [6.07, 6.45) is 10.3. The van der Waals surface area contributed by atoms with Crippen molar-refractivity contribution in [1.82, 2.24) is 0 Å². The quantitative estimate of drug-likeness (QED) is 0.522. The second kappa shape index (κ2) is 8.18. The Bertz CT molecular complexity index is 132. The fourth-order valence-corrected chi connectivity index (χ4v) is 0.908. The van der Waals surface area contributed by atoms with Crippen molar-refractivity contribution in [3.05, 3.63) is 23.8 Å². The number of rotatable bonds is 2. The van der Waals surface area contributed by atoms with Gasteiger partial charge in [0.1, 0.15) is 0 Å². The van der Waals surface area contributed by atoms with Gasteiger partial charge in [-0.05, 0) is 13.3 Å². The van der Waals surface area contributed by atoms with E-state index in [1.54, 1.807) is 0 Å². The van der Waals surface area contributed by atoms with E-state index in [-0.39, 0.29) is 0 Å². The van der Waals surface area contributed by atoms with E-state index in [2.05, 4.69) is 49.8 Å². The molecule has 0 heterocycles. The molecule has 0 bridgehead atoms. The molecule has 0 saturated carbocycles. The Hall–Kier alpha value is 0.0774. The van der Waals surface area contributed by atoms with Crippen LogP contribution in [0.1, 0.15) is 33.1 Å². The summed E-state index contributed by atoms with van der Waals surface area (Å²) in [6, 6.07) is 0. The van der Waals surface area contributed by atoms with Gasteiger partial charge in [0, 0.05) is 0 Å². The third-order valence-electron chi connectivity index (χ3n) is 1.66. The first kappa shape index (κ1) is 11.1. The average Bonchev–Trinajstić information content (AvgIpc) is 2.43. The molecule has 0 aromatic rings. The molecule has 1 aliphatic rings. The molecule has 0 atom stereocenters. The van der Waals surface area contributed by atoms with E-state index < -0.39 is 0 Å². The van der Waals surface area contributed by atoms with Crippen LogP contribution in [0.5, 0.6) is 0 Å². The van der Waals surface area contributed by atoms with Crippen molar-refractivity contribution >= 4 is 17.7 Å². The van der Waals surface area contributed by atoms with Gasteiger partial charge in [-0.15, -0.1) is 0 Å². The molecule has 58 valence electrons. The number of hydrogen-bond donors (Lipinski definition) is 0. The Morgan fingerprint density at radius 3 is 2.36 bits per heavy atom. The first-order valence-corrected chi connectivity index (χ1v) is 4.63. The maximum absolute atomic E-state index is 2.21. The van der Waals surface area contributed by atoms with Crippen molar-refractivity contribution in [1.29, 1.82) is 0 Å². The van der Waals surface area contributed by atoms with Gasteiger partial charge in [-0.25, -0.2) is 0 Å². The Morgan fingerprint density at radius 1 is 1.55 bits per heavy atom. The molecule has 0 spiro atoms. The zero-order valence-corrected chi connectivity index (χ0v) is 8.06. The van der Waals surface area contributed by atoms with Crippen LogP contribution < -0.4 is 0 Å². The minimum absolute atomic E-state index is 1.17. The normalized spacial score (nSPS) is 14.0. The Morgan fingerprint density at radius 2 is 2.27 bits per heavy atom. The Kier molecular flexibility index (Phi) is 8.23. The Balaban J connectivity index is 0.000000187. The number of allylic oxidation sites excluding steroid dienone is 4. The van der Waals surface area contributed by atoms with Crippen LogP contribution >= 0.6 is 0 Å². The zero-order chi connectivity index (χ0) is 8.53. The molecule has 0 aliphatic heterocycles. The fourth-order valence-electron chi connectivity index (χ4n) is 0.908. The van der Waals surface area contributed by atoms with Gasteiger partial charge < -0.3 is 0 Å². The molecule has 0 amide bonds. The van der Waals surface area contributed by atoms with Gasteiger partial charge in [0.25, 0.3) is 0 Å². The van der Waals surface area contributed by atoms with E-state index in [4.69, 9.17) is 0 Å². The van der Waals surface area contributed by atoms with Crippen molar-refractivity contribution in [3.8, 4) is 0 Å². The van der Waals surface area contributed by atoms with Gasteiger partial charge >= 0.3 is 42.6 Å². The van der Waals surface area contributed by atoms with Gasteiger partial charge in [-0.3, -0.25) is 0 Å². The van der Waals surface area contributed by atoms with Crippen LogP contribution in [0, 0.1) is 0 Å². The summed E-state index contributed by atoms with van der Waals surface area (Å²) in [4.78, 5) is 0. The molecule has 1 aliphatic carbocycles. The van der Waals surface area contributed by atoms with E-state index in [0.717, 1.165) is 0 Å². The molecule has 0 aromatic carbocycles. The molecule has 0 unspecified atom stereocenters. The first-order valence-electron chi connectivity index (χ1n) is 4.63. The molecule has 0 fully saturated rings. The van der Waals surface area contributed by atoms with Crippen molar-refractivity contribution in [3.63, 3.8) is 0 Å². The summed E-state index contributed by atoms with van der Waals surface area (Å²) in [5.74, 6) is 0. The van der Waals surface area contributed by atoms with E-state index in [0.29, 0.717) is 0 Å². The van der Waals surface area contributed by atoms with Gasteiger partial charge in [0.15, 0.2) is 0 Å². The van der Waals surface area contributed by atoms with Gasteiger partial charge in [-0.1, -0.05) is 23.8 Å². The summed E-state index contributed by atoms with van der Waals surface area (Å²) >= 11 is 2.21. The van der Waals surface area contributed by atoms with Crippen LogP contribution in [0.25, 0.3) is 0 Å². The van der Waals surface area contributed by atoms with Crippen LogP contribution in [0.15, 0.2) is 23.8 Å². The second-order valence-electron chi connectivity index (χ2n) is 3.00. The average molecular weight is 144 g/mol. The molecule has 0 saturated heterocycles. The first-order chi connectivity index (χ1) is 5.31. The third kappa shape index (κ3) is 7.98. The molecule has 0 radical (unpaired) electrons. The van der Waals surface area contributed by atoms with Crippen LogP contribution in [0.4, 0.5) is 0 Å². The maximum atomic E-state index is 2.21. The molecule has 1 heteroatoms. The van der Waals surface area contributed by atoms with Crippen molar-refractivity contribution in [2.75, 3.05) is 0 Å². The second-order valence-corrected chi connectivity index (χ2v) is 3.00. The minimum atomic E-state index is 1.17. The summed E-state index contributed by atoms with van der Waals surface area (Å²) in [7, 11) is 0. The molecule has 0 aromatic heterocycles. The van der Waals surface area contributed by atoms with Crippen LogP contribution in [0.2, 0.25) is 5.09 Å². The van der Waals surface area contributed by atoms with Gasteiger partial charge in [0.2, 0.25) is 0 Å². The van der Waals surface area contributed by atoms with Crippen LogP contribution in [0.3, 0.4) is 0 Å². The Labute approximate surface area is 80.0 Å². The zero-order valence-electron chi connectivity index (χ0n) is 8.06. The van der Waals surface area contributed by atoms with Gasteiger partial charge in [-0.2, -0.15) is 0 Å². The summed E-state index contributed by atoms with van der Waals surface area (Å²) in [5, 5.41) is 1.34. The van der Waals surface area contributed by atoms with Crippen molar-refractivity contribution in [2.45, 2.75) is 38.2 Å². The van der Waals surface area contributed by atoms with Crippen LogP contribution in [-0.4, -0.2) is 17.7 Å². The van der Waals surface area contributed by atoms with Gasteiger partial charge in [0.05, 0.1) is 0 Å². The summed E-state index contributed by atoms with van der Waals surface area (Å²) in [5.41, 5.74) is 1.47. The molecule has 0 nitrogen and oxygen atoms in total. The molecule has 0 N–H and O–H groups in total. The predicted octanol–water partition coefficient (Wildman–Crippen LogP) is 3.27. The predicted molar refractivity (Wildman–Crippen MR) is 53.0 cm³/mol.